The molecule has 0 spiro atoms. The molecule has 0 aromatic heterocycles. The number of carbonyl (C=O) groups is 2. The van der Waals surface area contributed by atoms with Gasteiger partial charge in [0.05, 0.1) is 7.11 Å². The van der Waals surface area contributed by atoms with Gasteiger partial charge in [0, 0.05) is 30.6 Å². The molecule has 2 aromatic carbocycles. The molecule has 0 unspecified atom stereocenters. The van der Waals surface area contributed by atoms with E-state index in [9.17, 15) is 9.59 Å². The molecule has 6 heteroatoms. The first-order valence-electron chi connectivity index (χ1n) is 8.50. The largest absolute Gasteiger partial charge is 0.497 e. The summed E-state index contributed by atoms with van der Waals surface area (Å²) in [4.78, 5) is 26.5. The van der Waals surface area contributed by atoms with Crippen LogP contribution in [0.5, 0.6) is 5.75 Å². The minimum absolute atomic E-state index is 0.0435. The van der Waals surface area contributed by atoms with Gasteiger partial charge in [-0.1, -0.05) is 6.07 Å². The van der Waals surface area contributed by atoms with Crippen molar-refractivity contribution in [3.63, 3.8) is 0 Å². The molecular formula is C20H22N2O4. The highest BCUT2D eigenvalue weighted by Crippen LogP contribution is 2.30. The number of nitrogens with one attached hydrogen (secondary N) is 1. The third kappa shape index (κ3) is 3.86. The van der Waals surface area contributed by atoms with Crippen LogP contribution in [0.3, 0.4) is 0 Å². The number of hydrogen-bond acceptors (Lipinski definition) is 4. The van der Waals surface area contributed by atoms with E-state index >= 15 is 0 Å². The number of benzene rings is 2. The van der Waals surface area contributed by atoms with E-state index < -0.39 is 0 Å². The molecule has 3 rings (SSSR count). The molecule has 136 valence electrons. The Morgan fingerprint density at radius 2 is 1.88 bits per heavy atom. The molecule has 0 aliphatic carbocycles. The van der Waals surface area contributed by atoms with Gasteiger partial charge < -0.3 is 19.7 Å². The minimum atomic E-state index is -0.210. The van der Waals surface area contributed by atoms with Crippen LogP contribution in [0.4, 0.5) is 11.4 Å². The van der Waals surface area contributed by atoms with E-state index in [1.54, 1.807) is 36.3 Å². The van der Waals surface area contributed by atoms with Crippen molar-refractivity contribution in [2.75, 3.05) is 37.6 Å². The number of methoxy groups -OCH3 is 2. The van der Waals surface area contributed by atoms with E-state index in [-0.39, 0.29) is 18.4 Å². The van der Waals surface area contributed by atoms with E-state index in [1.165, 1.54) is 7.11 Å². The topological polar surface area (TPSA) is 67.9 Å². The van der Waals surface area contributed by atoms with Crippen molar-refractivity contribution < 1.29 is 19.1 Å². The predicted octanol–water partition coefficient (Wildman–Crippen LogP) is 2.87. The second-order valence-corrected chi connectivity index (χ2v) is 6.11. The van der Waals surface area contributed by atoms with E-state index in [2.05, 4.69) is 5.32 Å². The van der Waals surface area contributed by atoms with Crippen molar-refractivity contribution in [2.24, 2.45) is 0 Å². The highest BCUT2D eigenvalue weighted by Gasteiger charge is 2.23. The lowest BCUT2D eigenvalue weighted by molar-refractivity contribution is -0.122. The average Bonchev–Trinajstić information content (AvgIpc) is 2.67. The summed E-state index contributed by atoms with van der Waals surface area (Å²) in [5.74, 6) is 0.410. The summed E-state index contributed by atoms with van der Waals surface area (Å²) < 4.78 is 10.1. The van der Waals surface area contributed by atoms with Gasteiger partial charge in [0.25, 0.3) is 11.8 Å². The molecule has 1 aliphatic heterocycles. The number of hydrogen-bond donors (Lipinski definition) is 1. The van der Waals surface area contributed by atoms with Crippen LogP contribution in [-0.4, -0.2) is 39.2 Å². The molecule has 2 amide bonds. The normalized spacial score (nSPS) is 13.1. The van der Waals surface area contributed by atoms with E-state index in [4.69, 9.17) is 9.47 Å². The monoisotopic (exact) mass is 354 g/mol. The second kappa shape index (κ2) is 8.01. The number of rotatable bonds is 5. The Balaban J connectivity index is 1.79. The minimum Gasteiger partial charge on any atom is -0.497 e. The molecule has 1 aliphatic rings. The number of carbonyl (C=O) groups excluding carboxylic acids is 2. The number of amides is 2. The Morgan fingerprint density at radius 1 is 1.12 bits per heavy atom. The third-order valence-electron chi connectivity index (χ3n) is 4.38. The fourth-order valence-electron chi connectivity index (χ4n) is 3.06. The van der Waals surface area contributed by atoms with E-state index in [0.717, 1.165) is 24.1 Å². The van der Waals surface area contributed by atoms with E-state index in [0.29, 0.717) is 23.5 Å². The Labute approximate surface area is 152 Å². The quantitative estimate of drug-likeness (QED) is 0.896. The lowest BCUT2D eigenvalue weighted by Gasteiger charge is -2.29. The van der Waals surface area contributed by atoms with Gasteiger partial charge in [0.2, 0.25) is 0 Å². The first kappa shape index (κ1) is 17.9. The van der Waals surface area contributed by atoms with Gasteiger partial charge in [-0.15, -0.1) is 0 Å². The maximum absolute atomic E-state index is 12.4. The summed E-state index contributed by atoms with van der Waals surface area (Å²) in [5, 5.41) is 2.89. The summed E-state index contributed by atoms with van der Waals surface area (Å²) in [6, 6.07) is 12.6. The molecular weight excluding hydrogens is 332 g/mol. The summed E-state index contributed by atoms with van der Waals surface area (Å²) in [7, 11) is 3.09. The standard InChI is InChI=1S/C20H22N2O4/c1-25-13-19(23)22-11-3-4-14-5-8-16(12-18(14)22)21-20(24)15-6-9-17(26-2)10-7-15/h5-10,12H,3-4,11,13H2,1-2H3,(H,21,24). The van der Waals surface area contributed by atoms with Gasteiger partial charge in [-0.3, -0.25) is 9.59 Å². The lowest BCUT2D eigenvalue weighted by Crippen LogP contribution is -2.37. The Morgan fingerprint density at radius 3 is 2.58 bits per heavy atom. The van der Waals surface area contributed by atoms with Crippen LogP contribution < -0.4 is 15.0 Å². The van der Waals surface area contributed by atoms with Crippen molar-refractivity contribution in [1.82, 2.24) is 0 Å². The molecule has 1 heterocycles. The van der Waals surface area contributed by atoms with Gasteiger partial charge in [0.15, 0.2) is 0 Å². The molecule has 0 radical (unpaired) electrons. The summed E-state index contributed by atoms with van der Waals surface area (Å²) in [6.07, 6.45) is 1.83. The van der Waals surface area contributed by atoms with Gasteiger partial charge >= 0.3 is 0 Å². The lowest BCUT2D eigenvalue weighted by atomic mass is 10.0. The molecule has 6 nitrogen and oxygen atoms in total. The van der Waals surface area contributed by atoms with Gasteiger partial charge in [0.1, 0.15) is 12.4 Å². The van der Waals surface area contributed by atoms with Crippen LogP contribution in [0.25, 0.3) is 0 Å². The molecule has 0 bridgehead atoms. The van der Waals surface area contributed by atoms with Crippen LogP contribution in [0.1, 0.15) is 22.3 Å². The molecule has 0 saturated heterocycles. The molecule has 0 fully saturated rings. The maximum Gasteiger partial charge on any atom is 0.255 e. The number of anilines is 2. The smallest absolute Gasteiger partial charge is 0.255 e. The third-order valence-corrected chi connectivity index (χ3v) is 4.38. The number of fused-ring (bicyclic) bond motifs is 1. The van der Waals surface area contributed by atoms with Gasteiger partial charge in [-0.05, 0) is 54.8 Å². The highest BCUT2D eigenvalue weighted by atomic mass is 16.5. The molecule has 0 saturated carbocycles. The zero-order chi connectivity index (χ0) is 18.5. The summed E-state index contributed by atoms with van der Waals surface area (Å²) in [6.45, 7) is 0.701. The first-order chi connectivity index (χ1) is 12.6. The first-order valence-corrected chi connectivity index (χ1v) is 8.50. The Kier molecular flexibility index (Phi) is 5.53. The van der Waals surface area contributed by atoms with Crippen LogP contribution in [0, 0.1) is 0 Å². The average molecular weight is 354 g/mol. The van der Waals surface area contributed by atoms with Crippen molar-refractivity contribution in [2.45, 2.75) is 12.8 Å². The fraction of sp³-hybridized carbons (Fsp3) is 0.300. The maximum atomic E-state index is 12.4. The number of ether oxygens (including phenoxy) is 2. The van der Waals surface area contributed by atoms with Crippen LogP contribution in [0.2, 0.25) is 0 Å². The van der Waals surface area contributed by atoms with Crippen molar-refractivity contribution in [1.29, 1.82) is 0 Å². The Hall–Kier alpha value is -2.86. The number of aryl methyl sites for hydroxylation is 1. The zero-order valence-electron chi connectivity index (χ0n) is 15.0. The summed E-state index contributed by atoms with van der Waals surface area (Å²) >= 11 is 0. The van der Waals surface area contributed by atoms with Crippen LogP contribution >= 0.6 is 0 Å². The summed E-state index contributed by atoms with van der Waals surface area (Å²) in [5.41, 5.74) is 3.13. The van der Waals surface area contributed by atoms with Crippen LogP contribution in [-0.2, 0) is 16.0 Å². The zero-order valence-corrected chi connectivity index (χ0v) is 15.0. The number of nitrogens with zero attached hydrogens (tertiary/aromatic N) is 1. The second-order valence-electron chi connectivity index (χ2n) is 6.11. The van der Waals surface area contributed by atoms with Crippen LogP contribution in [0.15, 0.2) is 42.5 Å². The van der Waals surface area contributed by atoms with Crippen molar-refractivity contribution >= 4 is 23.2 Å². The predicted molar refractivity (Wildman–Crippen MR) is 99.9 cm³/mol. The van der Waals surface area contributed by atoms with Crippen molar-refractivity contribution in [3.8, 4) is 5.75 Å². The Bertz CT molecular complexity index is 802. The highest BCUT2D eigenvalue weighted by molar-refractivity contribution is 6.05. The SMILES string of the molecule is COCC(=O)N1CCCc2ccc(NC(=O)c3ccc(OC)cc3)cc21. The molecule has 0 atom stereocenters. The van der Waals surface area contributed by atoms with Crippen molar-refractivity contribution in [3.05, 3.63) is 53.6 Å². The van der Waals surface area contributed by atoms with Gasteiger partial charge in [-0.2, -0.15) is 0 Å². The molecule has 26 heavy (non-hydrogen) atoms. The van der Waals surface area contributed by atoms with E-state index in [1.807, 2.05) is 18.2 Å². The molecule has 2 aromatic rings. The molecule has 1 N–H and O–H groups in total. The fourth-order valence-corrected chi connectivity index (χ4v) is 3.06. The van der Waals surface area contributed by atoms with Gasteiger partial charge in [-0.25, -0.2) is 0 Å².